The van der Waals surface area contributed by atoms with Crippen LogP contribution >= 0.6 is 38.9 Å². The summed E-state index contributed by atoms with van der Waals surface area (Å²) in [6.07, 6.45) is 8.83. The van der Waals surface area contributed by atoms with Gasteiger partial charge in [-0.25, -0.2) is 0 Å². The first kappa shape index (κ1) is 12.2. The van der Waals surface area contributed by atoms with Crippen molar-refractivity contribution in [2.75, 3.05) is 0 Å². The van der Waals surface area contributed by atoms with Gasteiger partial charge in [0.25, 0.3) is 0 Å². The predicted molar refractivity (Wildman–Crippen MR) is 81.6 cm³/mol. The number of rotatable bonds is 2. The summed E-state index contributed by atoms with van der Waals surface area (Å²) >= 11 is 12.2. The SMILES string of the molecule is Clc1ccsc1C(Br)C12CC3CC(CC(C3)C1)C2. The maximum absolute atomic E-state index is 6.36. The lowest BCUT2D eigenvalue weighted by atomic mass is 9.49. The predicted octanol–water partition coefficient (Wildman–Crippen LogP) is 6.05. The highest BCUT2D eigenvalue weighted by Gasteiger charge is 2.54. The van der Waals surface area contributed by atoms with Crippen molar-refractivity contribution in [1.82, 2.24) is 0 Å². The molecule has 0 N–H and O–H groups in total. The monoisotopic (exact) mass is 344 g/mol. The van der Waals surface area contributed by atoms with Gasteiger partial charge in [0.15, 0.2) is 0 Å². The van der Waals surface area contributed by atoms with Gasteiger partial charge in [0.2, 0.25) is 0 Å². The van der Waals surface area contributed by atoms with Gasteiger partial charge < -0.3 is 0 Å². The molecule has 1 heterocycles. The van der Waals surface area contributed by atoms with Gasteiger partial charge >= 0.3 is 0 Å². The maximum Gasteiger partial charge on any atom is 0.0560 e. The summed E-state index contributed by atoms with van der Waals surface area (Å²) in [6, 6.07) is 2.05. The van der Waals surface area contributed by atoms with Crippen molar-refractivity contribution in [3.63, 3.8) is 0 Å². The van der Waals surface area contributed by atoms with Crippen LogP contribution in [0.15, 0.2) is 11.4 Å². The second-order valence-corrected chi connectivity index (χ2v) is 9.05. The Hall–Kier alpha value is 0.470. The van der Waals surface area contributed by atoms with E-state index in [0.717, 1.165) is 22.8 Å². The van der Waals surface area contributed by atoms with Gasteiger partial charge in [-0.1, -0.05) is 27.5 Å². The molecule has 5 rings (SSSR count). The molecule has 1 aromatic rings. The number of thiophene rings is 1. The quantitative estimate of drug-likeness (QED) is 0.572. The van der Waals surface area contributed by atoms with Crippen LogP contribution in [-0.2, 0) is 0 Å². The van der Waals surface area contributed by atoms with Crippen molar-refractivity contribution in [1.29, 1.82) is 0 Å². The molecule has 3 heteroatoms. The number of halogens is 2. The number of hydrogen-bond acceptors (Lipinski definition) is 1. The van der Waals surface area contributed by atoms with Crippen LogP contribution in [0.3, 0.4) is 0 Å². The average molecular weight is 346 g/mol. The molecular formula is C15H18BrClS. The largest absolute Gasteiger partial charge is 0.146 e. The third kappa shape index (κ3) is 1.75. The lowest BCUT2D eigenvalue weighted by Gasteiger charge is -2.58. The van der Waals surface area contributed by atoms with Crippen LogP contribution in [-0.4, -0.2) is 0 Å². The van der Waals surface area contributed by atoms with E-state index in [-0.39, 0.29) is 0 Å². The Labute approximate surface area is 126 Å². The van der Waals surface area contributed by atoms with Gasteiger partial charge in [0.1, 0.15) is 0 Å². The van der Waals surface area contributed by atoms with E-state index in [1.54, 1.807) is 0 Å². The minimum atomic E-state index is 0.492. The Balaban J connectivity index is 1.69. The van der Waals surface area contributed by atoms with Crippen molar-refractivity contribution >= 4 is 38.9 Å². The first-order valence-corrected chi connectivity index (χ1v) is 9.20. The van der Waals surface area contributed by atoms with Gasteiger partial charge in [-0.15, -0.1) is 11.3 Å². The molecule has 0 spiro atoms. The van der Waals surface area contributed by atoms with Crippen molar-refractivity contribution < 1.29 is 0 Å². The van der Waals surface area contributed by atoms with Crippen LogP contribution in [0.25, 0.3) is 0 Å². The summed E-state index contributed by atoms with van der Waals surface area (Å²) in [6.45, 7) is 0. The van der Waals surface area contributed by atoms with Crippen molar-refractivity contribution in [3.05, 3.63) is 21.3 Å². The zero-order valence-corrected chi connectivity index (χ0v) is 13.5. The van der Waals surface area contributed by atoms with Crippen molar-refractivity contribution in [2.45, 2.75) is 43.4 Å². The second kappa shape index (κ2) is 4.23. The van der Waals surface area contributed by atoms with Crippen LogP contribution < -0.4 is 0 Å². The van der Waals surface area contributed by atoms with E-state index < -0.39 is 0 Å². The molecule has 98 valence electrons. The van der Waals surface area contributed by atoms with Crippen LogP contribution in [0.4, 0.5) is 0 Å². The molecule has 18 heavy (non-hydrogen) atoms. The van der Waals surface area contributed by atoms with Gasteiger partial charge in [0.05, 0.1) is 9.85 Å². The zero-order valence-electron chi connectivity index (χ0n) is 10.4. The Bertz CT molecular complexity index is 432. The minimum absolute atomic E-state index is 0.492. The molecule has 4 fully saturated rings. The lowest BCUT2D eigenvalue weighted by molar-refractivity contribution is -0.0524. The summed E-state index contributed by atoms with van der Waals surface area (Å²) in [5.41, 5.74) is 0.517. The van der Waals surface area contributed by atoms with E-state index >= 15 is 0 Å². The molecule has 4 bridgehead atoms. The van der Waals surface area contributed by atoms with Gasteiger partial charge in [0, 0.05) is 4.88 Å². The fourth-order valence-electron chi connectivity index (χ4n) is 5.25. The molecule has 0 nitrogen and oxygen atoms in total. The molecule has 0 radical (unpaired) electrons. The third-order valence-corrected chi connectivity index (χ3v) is 8.65. The third-order valence-electron chi connectivity index (χ3n) is 5.50. The van der Waals surface area contributed by atoms with E-state index in [9.17, 15) is 0 Å². The standard InChI is InChI=1S/C15H18BrClS/c16-14(13-12(17)1-2-18-13)15-6-9-3-10(7-15)5-11(4-9)8-15/h1-2,9-11,14H,3-8H2. The molecule has 4 saturated carbocycles. The fraction of sp³-hybridized carbons (Fsp3) is 0.733. The summed E-state index contributed by atoms with van der Waals surface area (Å²) in [7, 11) is 0. The molecular weight excluding hydrogens is 328 g/mol. The average Bonchev–Trinajstić information content (AvgIpc) is 2.72. The van der Waals surface area contributed by atoms with Crippen LogP contribution in [0.1, 0.15) is 48.2 Å². The van der Waals surface area contributed by atoms with Gasteiger partial charge in [-0.2, -0.15) is 0 Å². The zero-order chi connectivity index (χ0) is 12.3. The van der Waals surface area contributed by atoms with E-state index in [4.69, 9.17) is 11.6 Å². The highest BCUT2D eigenvalue weighted by molar-refractivity contribution is 9.09. The Morgan fingerprint density at radius 3 is 2.17 bits per heavy atom. The second-order valence-electron chi connectivity index (χ2n) is 6.78. The van der Waals surface area contributed by atoms with Crippen LogP contribution in [0, 0.1) is 23.2 Å². The van der Waals surface area contributed by atoms with Gasteiger partial charge in [-0.3, -0.25) is 0 Å². The Morgan fingerprint density at radius 1 is 1.17 bits per heavy atom. The summed E-state index contributed by atoms with van der Waals surface area (Å²) in [5, 5.41) is 3.10. The van der Waals surface area contributed by atoms with Crippen LogP contribution in [0.5, 0.6) is 0 Å². The number of alkyl halides is 1. The first-order valence-electron chi connectivity index (χ1n) is 7.03. The van der Waals surface area contributed by atoms with Crippen molar-refractivity contribution in [2.24, 2.45) is 23.2 Å². The van der Waals surface area contributed by atoms with Crippen LogP contribution in [0.2, 0.25) is 5.02 Å². The molecule has 1 aromatic heterocycles. The summed E-state index contributed by atoms with van der Waals surface area (Å²) < 4.78 is 0. The molecule has 0 saturated heterocycles. The normalized spacial score (nSPS) is 43.3. The topological polar surface area (TPSA) is 0 Å². The van der Waals surface area contributed by atoms with Crippen molar-refractivity contribution in [3.8, 4) is 0 Å². The molecule has 1 atom stereocenters. The Morgan fingerprint density at radius 2 is 1.72 bits per heavy atom. The van der Waals surface area contributed by atoms with E-state index in [2.05, 4.69) is 27.4 Å². The molecule has 1 unspecified atom stereocenters. The van der Waals surface area contributed by atoms with E-state index in [0.29, 0.717) is 10.2 Å². The minimum Gasteiger partial charge on any atom is -0.146 e. The Kier molecular flexibility index (Phi) is 2.87. The van der Waals surface area contributed by atoms with E-state index in [1.807, 2.05) is 11.3 Å². The molecule has 4 aliphatic rings. The fourth-order valence-corrected chi connectivity index (χ4v) is 7.80. The lowest BCUT2D eigenvalue weighted by Crippen LogP contribution is -2.47. The highest BCUT2D eigenvalue weighted by Crippen LogP contribution is 2.66. The summed E-state index contributed by atoms with van der Waals surface area (Å²) in [4.78, 5) is 1.87. The van der Waals surface area contributed by atoms with E-state index in [1.165, 1.54) is 43.4 Å². The molecule has 0 aromatic carbocycles. The van der Waals surface area contributed by atoms with Gasteiger partial charge in [-0.05, 0) is 73.1 Å². The molecule has 0 aliphatic heterocycles. The highest BCUT2D eigenvalue weighted by atomic mass is 79.9. The number of hydrogen-bond donors (Lipinski definition) is 0. The molecule has 0 amide bonds. The molecule has 4 aliphatic carbocycles. The maximum atomic E-state index is 6.36. The summed E-state index contributed by atoms with van der Waals surface area (Å²) in [5.74, 6) is 3.03. The first-order chi connectivity index (χ1) is 8.66. The smallest absolute Gasteiger partial charge is 0.0560 e.